The lowest BCUT2D eigenvalue weighted by molar-refractivity contribution is -0.117. The van der Waals surface area contributed by atoms with Crippen LogP contribution in [0.15, 0.2) is 48.5 Å². The Morgan fingerprint density at radius 2 is 1.59 bits per heavy atom. The van der Waals surface area contributed by atoms with Crippen molar-refractivity contribution in [2.24, 2.45) is 11.7 Å². The van der Waals surface area contributed by atoms with Crippen LogP contribution in [0.5, 0.6) is 0 Å². The van der Waals surface area contributed by atoms with Crippen LogP contribution in [0, 0.1) is 5.92 Å². The predicted octanol–water partition coefficient (Wildman–Crippen LogP) is 3.59. The molecule has 5 nitrogen and oxygen atoms in total. The number of nitrogens with one attached hydrogen (secondary N) is 2. The number of carbonyl (C=O) groups excluding carboxylic acids is 2. The Bertz CT molecular complexity index is 793. The second kappa shape index (κ2) is 8.35. The fourth-order valence-electron chi connectivity index (χ4n) is 2.85. The molecule has 0 radical (unpaired) electrons. The van der Waals surface area contributed by atoms with Crippen LogP contribution < -0.4 is 16.4 Å². The maximum Gasteiger partial charge on any atom is 0.251 e. The van der Waals surface area contributed by atoms with E-state index in [1.165, 1.54) is 5.56 Å². The molecule has 1 aliphatic carbocycles. The Morgan fingerprint density at radius 1 is 1.00 bits per heavy atom. The molecule has 1 aliphatic rings. The number of carbonyl (C=O) groups is 2. The second-order valence-electron chi connectivity index (χ2n) is 7.48. The van der Waals surface area contributed by atoms with Crippen LogP contribution in [0.2, 0.25) is 0 Å². The average Bonchev–Trinajstić information content (AvgIpc) is 3.52. The van der Waals surface area contributed by atoms with Gasteiger partial charge in [-0.1, -0.05) is 38.1 Å². The van der Waals surface area contributed by atoms with Crippen molar-refractivity contribution in [2.75, 3.05) is 11.9 Å². The van der Waals surface area contributed by atoms with Gasteiger partial charge in [-0.3, -0.25) is 9.59 Å². The van der Waals surface area contributed by atoms with E-state index in [2.05, 4.69) is 36.6 Å². The summed E-state index contributed by atoms with van der Waals surface area (Å²) in [6.07, 6.45) is 1.93. The highest BCUT2D eigenvalue weighted by atomic mass is 16.2. The maximum atomic E-state index is 12.3. The molecule has 0 heterocycles. The van der Waals surface area contributed by atoms with Gasteiger partial charge in [0.15, 0.2) is 0 Å². The summed E-state index contributed by atoms with van der Waals surface area (Å²) in [4.78, 5) is 24.1. The molecular weight excluding hydrogens is 338 g/mol. The molecular formula is C22H27N3O2. The summed E-state index contributed by atoms with van der Waals surface area (Å²) < 4.78 is 0. The van der Waals surface area contributed by atoms with E-state index in [0.29, 0.717) is 23.7 Å². The van der Waals surface area contributed by atoms with Crippen molar-refractivity contribution < 1.29 is 9.59 Å². The first-order chi connectivity index (χ1) is 12.9. The first-order valence-electron chi connectivity index (χ1n) is 9.48. The summed E-state index contributed by atoms with van der Waals surface area (Å²) in [5, 5.41) is 5.74. The van der Waals surface area contributed by atoms with Crippen LogP contribution in [-0.4, -0.2) is 18.4 Å². The Kier molecular flexibility index (Phi) is 5.91. The molecule has 2 amide bonds. The highest BCUT2D eigenvalue weighted by molar-refractivity contribution is 5.96. The first kappa shape index (κ1) is 19.1. The van der Waals surface area contributed by atoms with Crippen molar-refractivity contribution in [2.45, 2.75) is 38.6 Å². The van der Waals surface area contributed by atoms with E-state index in [9.17, 15) is 9.59 Å². The normalized spacial score (nSPS) is 14.7. The highest BCUT2D eigenvalue weighted by Crippen LogP contribution is 2.30. The monoisotopic (exact) mass is 365 g/mol. The van der Waals surface area contributed by atoms with Crippen LogP contribution in [0.25, 0.3) is 0 Å². The van der Waals surface area contributed by atoms with Gasteiger partial charge in [0.1, 0.15) is 0 Å². The number of amides is 2. The maximum absolute atomic E-state index is 12.3. The van der Waals surface area contributed by atoms with E-state index in [0.717, 1.165) is 18.4 Å². The molecule has 0 spiro atoms. The van der Waals surface area contributed by atoms with Crippen molar-refractivity contribution in [1.82, 2.24) is 5.32 Å². The minimum Gasteiger partial charge on any atom is -0.350 e. The largest absolute Gasteiger partial charge is 0.350 e. The first-order valence-corrected chi connectivity index (χ1v) is 9.48. The fraction of sp³-hybridized carbons (Fsp3) is 0.364. The van der Waals surface area contributed by atoms with Gasteiger partial charge in [-0.05, 0) is 54.2 Å². The Balaban J connectivity index is 1.51. The molecule has 27 heavy (non-hydrogen) atoms. The average molecular weight is 365 g/mol. The topological polar surface area (TPSA) is 84.2 Å². The quantitative estimate of drug-likeness (QED) is 0.701. The standard InChI is InChI=1S/C22H27N3O2/c1-14(2)15-3-5-16(6-4-15)20(23)13-24-21(26)17-9-11-19(12-10-17)25-22(27)18-7-8-18/h3-6,9-12,14,18,20H,7-8,13,23H2,1-2H3,(H,24,26)(H,25,27). The molecule has 1 fully saturated rings. The van der Waals surface area contributed by atoms with Crippen molar-refractivity contribution >= 4 is 17.5 Å². The Labute approximate surface area is 160 Å². The summed E-state index contributed by atoms with van der Waals surface area (Å²) in [7, 11) is 0. The molecule has 2 aromatic carbocycles. The number of nitrogens with two attached hydrogens (primary N) is 1. The van der Waals surface area contributed by atoms with Gasteiger partial charge in [-0.15, -0.1) is 0 Å². The van der Waals surface area contributed by atoms with Gasteiger partial charge in [-0.25, -0.2) is 0 Å². The summed E-state index contributed by atoms with van der Waals surface area (Å²) >= 11 is 0. The number of benzene rings is 2. The van der Waals surface area contributed by atoms with Crippen molar-refractivity contribution in [3.63, 3.8) is 0 Å². The molecule has 2 aromatic rings. The molecule has 1 unspecified atom stereocenters. The summed E-state index contributed by atoms with van der Waals surface area (Å²) in [6, 6.07) is 14.9. The van der Waals surface area contributed by atoms with E-state index >= 15 is 0 Å². The van der Waals surface area contributed by atoms with Crippen molar-refractivity contribution in [3.05, 3.63) is 65.2 Å². The molecule has 4 N–H and O–H groups in total. The van der Waals surface area contributed by atoms with E-state index < -0.39 is 0 Å². The van der Waals surface area contributed by atoms with Crippen LogP contribution in [0.1, 0.15) is 60.1 Å². The number of rotatable bonds is 7. The predicted molar refractivity (Wildman–Crippen MR) is 108 cm³/mol. The van der Waals surface area contributed by atoms with Gasteiger partial charge < -0.3 is 16.4 Å². The number of hydrogen-bond donors (Lipinski definition) is 3. The van der Waals surface area contributed by atoms with Gasteiger partial charge >= 0.3 is 0 Å². The lowest BCUT2D eigenvalue weighted by Gasteiger charge is -2.15. The van der Waals surface area contributed by atoms with Gasteiger partial charge in [-0.2, -0.15) is 0 Å². The highest BCUT2D eigenvalue weighted by Gasteiger charge is 2.29. The van der Waals surface area contributed by atoms with E-state index in [1.54, 1.807) is 24.3 Å². The van der Waals surface area contributed by atoms with E-state index in [4.69, 9.17) is 5.73 Å². The smallest absolute Gasteiger partial charge is 0.251 e. The molecule has 3 rings (SSSR count). The zero-order chi connectivity index (χ0) is 19.4. The molecule has 1 atom stereocenters. The Morgan fingerprint density at radius 3 is 2.15 bits per heavy atom. The van der Waals surface area contributed by atoms with Gasteiger partial charge in [0, 0.05) is 29.8 Å². The summed E-state index contributed by atoms with van der Waals surface area (Å²) in [6.45, 7) is 4.66. The molecule has 0 aliphatic heterocycles. The summed E-state index contributed by atoms with van der Waals surface area (Å²) in [5.74, 6) is 0.516. The van der Waals surface area contributed by atoms with Gasteiger partial charge in [0.05, 0.1) is 0 Å². The van der Waals surface area contributed by atoms with Crippen LogP contribution >= 0.6 is 0 Å². The Hall–Kier alpha value is -2.66. The molecule has 0 aromatic heterocycles. The molecule has 5 heteroatoms. The molecule has 1 saturated carbocycles. The lowest BCUT2D eigenvalue weighted by Crippen LogP contribution is -2.31. The minimum atomic E-state index is -0.257. The van der Waals surface area contributed by atoms with Gasteiger partial charge in [0.2, 0.25) is 5.91 Å². The third-order valence-corrected chi connectivity index (χ3v) is 4.88. The SMILES string of the molecule is CC(C)c1ccc(C(N)CNC(=O)c2ccc(NC(=O)C3CC3)cc2)cc1. The zero-order valence-corrected chi connectivity index (χ0v) is 15.9. The third-order valence-electron chi connectivity index (χ3n) is 4.88. The van der Waals surface area contributed by atoms with Crippen LogP contribution in [-0.2, 0) is 4.79 Å². The molecule has 142 valence electrons. The lowest BCUT2D eigenvalue weighted by atomic mass is 9.99. The van der Waals surface area contributed by atoms with E-state index in [-0.39, 0.29) is 23.8 Å². The third kappa shape index (κ3) is 5.17. The summed E-state index contributed by atoms with van der Waals surface area (Å²) in [5.41, 5.74) is 9.72. The van der Waals surface area contributed by atoms with Crippen LogP contribution in [0.3, 0.4) is 0 Å². The molecule has 0 bridgehead atoms. The van der Waals surface area contributed by atoms with Crippen molar-refractivity contribution in [3.8, 4) is 0 Å². The minimum absolute atomic E-state index is 0.0571. The van der Waals surface area contributed by atoms with Gasteiger partial charge in [0.25, 0.3) is 5.91 Å². The second-order valence-corrected chi connectivity index (χ2v) is 7.48. The van der Waals surface area contributed by atoms with Crippen LogP contribution in [0.4, 0.5) is 5.69 Å². The number of anilines is 1. The zero-order valence-electron chi connectivity index (χ0n) is 15.9. The van der Waals surface area contributed by atoms with E-state index in [1.807, 2.05) is 12.1 Å². The fourth-order valence-corrected chi connectivity index (χ4v) is 2.85. The van der Waals surface area contributed by atoms with Crippen molar-refractivity contribution in [1.29, 1.82) is 0 Å². The molecule has 0 saturated heterocycles. The number of hydrogen-bond acceptors (Lipinski definition) is 3.